The number of thioether (sulfide) groups is 1. The van der Waals surface area contributed by atoms with Crippen LogP contribution in [0.2, 0.25) is 0 Å². The molecule has 0 aliphatic rings. The molecule has 2 N–H and O–H groups in total. The fraction of sp³-hybridized carbons (Fsp3) is 0.148. The van der Waals surface area contributed by atoms with Crippen molar-refractivity contribution in [2.24, 2.45) is 0 Å². The SMILES string of the molecule is O=C(COc1ccc2c(-c3ccccc3)cc(=O)oc2c1)NC(CSCc1ccccc1)C(=O)O. The zero-order chi connectivity index (χ0) is 24.6. The number of aliphatic carboxylic acids is 1. The highest BCUT2D eigenvalue weighted by Gasteiger charge is 2.20. The maximum atomic E-state index is 12.3. The second kappa shape index (κ2) is 11.4. The number of benzene rings is 3. The third-order valence-electron chi connectivity index (χ3n) is 5.20. The first kappa shape index (κ1) is 24.1. The Morgan fingerprint density at radius 2 is 1.69 bits per heavy atom. The summed E-state index contributed by atoms with van der Waals surface area (Å²) in [4.78, 5) is 36.0. The van der Waals surface area contributed by atoms with Crippen LogP contribution in [0.25, 0.3) is 22.1 Å². The first-order valence-corrected chi connectivity index (χ1v) is 12.0. The van der Waals surface area contributed by atoms with Gasteiger partial charge in [0.25, 0.3) is 5.91 Å². The van der Waals surface area contributed by atoms with E-state index in [1.54, 1.807) is 18.2 Å². The van der Waals surface area contributed by atoms with Crippen molar-refractivity contribution in [2.75, 3.05) is 12.4 Å². The second-order valence-electron chi connectivity index (χ2n) is 7.75. The molecule has 178 valence electrons. The lowest BCUT2D eigenvalue weighted by atomic mass is 10.0. The fourth-order valence-electron chi connectivity index (χ4n) is 3.52. The van der Waals surface area contributed by atoms with Gasteiger partial charge < -0.3 is 19.6 Å². The van der Waals surface area contributed by atoms with Gasteiger partial charge in [0.05, 0.1) is 0 Å². The molecule has 0 fully saturated rings. The Labute approximate surface area is 205 Å². The first-order valence-electron chi connectivity index (χ1n) is 10.9. The van der Waals surface area contributed by atoms with Gasteiger partial charge >= 0.3 is 11.6 Å². The number of amides is 1. The Bertz CT molecular complexity index is 1370. The van der Waals surface area contributed by atoms with Crippen LogP contribution < -0.4 is 15.7 Å². The number of carboxylic acid groups (broad SMARTS) is 1. The molecule has 0 radical (unpaired) electrons. The number of carbonyl (C=O) groups excluding carboxylic acids is 1. The van der Waals surface area contributed by atoms with Crippen LogP contribution >= 0.6 is 11.8 Å². The molecule has 1 atom stereocenters. The topological polar surface area (TPSA) is 106 Å². The molecular formula is C27H23NO6S. The van der Waals surface area contributed by atoms with Gasteiger partial charge in [0.2, 0.25) is 0 Å². The number of fused-ring (bicyclic) bond motifs is 1. The molecule has 0 aliphatic carbocycles. The van der Waals surface area contributed by atoms with E-state index in [0.29, 0.717) is 17.1 Å². The smallest absolute Gasteiger partial charge is 0.336 e. The van der Waals surface area contributed by atoms with Crippen LogP contribution in [0.4, 0.5) is 0 Å². The van der Waals surface area contributed by atoms with Crippen LogP contribution in [0.15, 0.2) is 94.1 Å². The van der Waals surface area contributed by atoms with Crippen molar-refractivity contribution in [3.8, 4) is 16.9 Å². The van der Waals surface area contributed by atoms with Crippen LogP contribution in [0.3, 0.4) is 0 Å². The number of carboxylic acids is 1. The summed E-state index contributed by atoms with van der Waals surface area (Å²) in [6.45, 7) is -0.374. The number of ether oxygens (including phenoxy) is 1. The van der Waals surface area contributed by atoms with Gasteiger partial charge in [-0.15, -0.1) is 0 Å². The monoisotopic (exact) mass is 489 g/mol. The van der Waals surface area contributed by atoms with Crippen molar-refractivity contribution in [1.82, 2.24) is 5.32 Å². The third-order valence-corrected chi connectivity index (χ3v) is 6.31. The molecule has 4 rings (SSSR count). The van der Waals surface area contributed by atoms with Crippen molar-refractivity contribution in [3.05, 3.63) is 101 Å². The van der Waals surface area contributed by atoms with Gasteiger partial charge in [0, 0.05) is 29.0 Å². The normalized spacial score (nSPS) is 11.7. The standard InChI is InChI=1S/C27H23NO6S/c29-25(28-23(27(31)32)17-35-16-18-7-3-1-4-8-18)15-33-20-11-12-21-22(19-9-5-2-6-10-19)14-26(30)34-24(21)13-20/h1-14,23H,15-17H2,(H,28,29)(H,31,32). The van der Waals surface area contributed by atoms with Crippen LogP contribution in [-0.4, -0.2) is 35.4 Å². The van der Waals surface area contributed by atoms with E-state index in [1.165, 1.54) is 17.8 Å². The molecule has 8 heteroatoms. The molecule has 0 spiro atoms. The molecule has 35 heavy (non-hydrogen) atoms. The number of hydrogen-bond donors (Lipinski definition) is 2. The summed E-state index contributed by atoms with van der Waals surface area (Å²) >= 11 is 1.42. The highest BCUT2D eigenvalue weighted by molar-refractivity contribution is 7.98. The predicted octanol–water partition coefficient (Wildman–Crippen LogP) is 4.34. The highest BCUT2D eigenvalue weighted by Crippen LogP contribution is 2.29. The van der Waals surface area contributed by atoms with E-state index >= 15 is 0 Å². The van der Waals surface area contributed by atoms with Crippen LogP contribution in [0.1, 0.15) is 5.56 Å². The van der Waals surface area contributed by atoms with E-state index in [2.05, 4.69) is 5.32 Å². The lowest BCUT2D eigenvalue weighted by Gasteiger charge is -2.15. The molecule has 0 saturated heterocycles. The highest BCUT2D eigenvalue weighted by atomic mass is 32.2. The Hall–Kier alpha value is -4.04. The van der Waals surface area contributed by atoms with Gasteiger partial charge in [-0.3, -0.25) is 4.79 Å². The van der Waals surface area contributed by atoms with E-state index in [1.807, 2.05) is 60.7 Å². The van der Waals surface area contributed by atoms with E-state index in [4.69, 9.17) is 9.15 Å². The van der Waals surface area contributed by atoms with Crippen molar-refractivity contribution < 1.29 is 23.8 Å². The molecule has 0 bridgehead atoms. The minimum absolute atomic E-state index is 0.222. The Kier molecular flexibility index (Phi) is 7.84. The summed E-state index contributed by atoms with van der Waals surface area (Å²) < 4.78 is 10.9. The van der Waals surface area contributed by atoms with Crippen molar-refractivity contribution in [1.29, 1.82) is 0 Å². The summed E-state index contributed by atoms with van der Waals surface area (Å²) in [5.41, 5.74) is 2.52. The molecule has 0 aliphatic heterocycles. The van der Waals surface area contributed by atoms with Gasteiger partial charge in [-0.25, -0.2) is 9.59 Å². The molecule has 7 nitrogen and oxygen atoms in total. The summed E-state index contributed by atoms with van der Waals surface area (Å²) in [6, 6.07) is 24.5. The van der Waals surface area contributed by atoms with Crippen LogP contribution in [0, 0.1) is 0 Å². The number of rotatable bonds is 10. The maximum Gasteiger partial charge on any atom is 0.336 e. The predicted molar refractivity (Wildman–Crippen MR) is 136 cm³/mol. The van der Waals surface area contributed by atoms with Gasteiger partial charge in [0.1, 0.15) is 17.4 Å². The number of nitrogens with one attached hydrogen (secondary N) is 1. The number of carbonyl (C=O) groups is 2. The largest absolute Gasteiger partial charge is 0.484 e. The lowest BCUT2D eigenvalue weighted by molar-refractivity contribution is -0.141. The maximum absolute atomic E-state index is 12.3. The lowest BCUT2D eigenvalue weighted by Crippen LogP contribution is -2.44. The van der Waals surface area contributed by atoms with Gasteiger partial charge in [0.15, 0.2) is 6.61 Å². The summed E-state index contributed by atoms with van der Waals surface area (Å²) in [6.07, 6.45) is 0. The molecule has 1 heterocycles. The number of hydrogen-bond acceptors (Lipinski definition) is 6. The molecule has 1 amide bonds. The van der Waals surface area contributed by atoms with Crippen molar-refractivity contribution in [3.63, 3.8) is 0 Å². The Morgan fingerprint density at radius 1 is 0.971 bits per heavy atom. The van der Waals surface area contributed by atoms with Crippen LogP contribution in [0.5, 0.6) is 5.75 Å². The average molecular weight is 490 g/mol. The molecule has 1 aromatic heterocycles. The second-order valence-corrected chi connectivity index (χ2v) is 8.78. The van der Waals surface area contributed by atoms with Crippen LogP contribution in [-0.2, 0) is 15.3 Å². The Balaban J connectivity index is 1.37. The van der Waals surface area contributed by atoms with Gasteiger partial charge in [-0.05, 0) is 28.8 Å². The minimum Gasteiger partial charge on any atom is -0.484 e. The van der Waals surface area contributed by atoms with Gasteiger partial charge in [-0.2, -0.15) is 11.8 Å². The molecule has 4 aromatic rings. The fourth-order valence-corrected chi connectivity index (χ4v) is 4.53. The van der Waals surface area contributed by atoms with E-state index in [9.17, 15) is 19.5 Å². The van der Waals surface area contributed by atoms with E-state index in [0.717, 1.165) is 22.1 Å². The quantitative estimate of drug-likeness (QED) is 0.319. The third kappa shape index (κ3) is 6.51. The van der Waals surface area contributed by atoms with Crippen molar-refractivity contribution in [2.45, 2.75) is 11.8 Å². The molecule has 0 saturated carbocycles. The molecular weight excluding hydrogens is 466 g/mol. The first-order chi connectivity index (χ1) is 17.0. The summed E-state index contributed by atoms with van der Waals surface area (Å²) in [5, 5.41) is 12.7. The summed E-state index contributed by atoms with van der Waals surface area (Å²) in [5.74, 6) is -0.479. The average Bonchev–Trinajstić information content (AvgIpc) is 2.87. The minimum atomic E-state index is -1.11. The molecule has 1 unspecified atom stereocenters. The Morgan fingerprint density at radius 3 is 2.40 bits per heavy atom. The van der Waals surface area contributed by atoms with E-state index in [-0.39, 0.29) is 12.4 Å². The molecule has 3 aromatic carbocycles. The van der Waals surface area contributed by atoms with Gasteiger partial charge in [-0.1, -0.05) is 60.7 Å². The van der Waals surface area contributed by atoms with E-state index < -0.39 is 23.5 Å². The zero-order valence-corrected chi connectivity index (χ0v) is 19.5. The summed E-state index contributed by atoms with van der Waals surface area (Å²) in [7, 11) is 0. The van der Waals surface area contributed by atoms with Crippen molar-refractivity contribution >= 4 is 34.6 Å². The zero-order valence-electron chi connectivity index (χ0n) is 18.7.